The first-order chi connectivity index (χ1) is 9.13. The third-order valence-corrected chi connectivity index (χ3v) is 4.07. The lowest BCUT2D eigenvalue weighted by atomic mass is 10.1. The number of thioether (sulfide) groups is 1. The summed E-state index contributed by atoms with van der Waals surface area (Å²) in [7, 11) is 0. The molecule has 1 saturated heterocycles. The first-order valence-corrected chi connectivity index (χ1v) is 7.60. The fourth-order valence-corrected chi connectivity index (χ4v) is 2.73. The Morgan fingerprint density at radius 1 is 1.53 bits per heavy atom. The highest BCUT2D eigenvalue weighted by molar-refractivity contribution is 7.98. The fraction of sp³-hybridized carbons (Fsp3) is 0.385. The molecule has 1 heterocycles. The Labute approximate surface area is 122 Å². The van der Waals surface area contributed by atoms with Crippen LogP contribution in [-0.2, 0) is 4.74 Å². The second-order valence-electron chi connectivity index (χ2n) is 4.21. The summed E-state index contributed by atoms with van der Waals surface area (Å²) >= 11 is 6.50. The minimum Gasteiger partial charge on any atom is -0.391 e. The minimum atomic E-state index is -0.339. The molecule has 0 aromatic heterocycles. The minimum absolute atomic E-state index is 0.00880. The van der Waals surface area contributed by atoms with E-state index in [0.717, 1.165) is 10.5 Å². The molecule has 1 fully saturated rings. The predicted molar refractivity (Wildman–Crippen MR) is 80.7 cm³/mol. The summed E-state index contributed by atoms with van der Waals surface area (Å²) in [5.74, 6) is 0.00880. The molecule has 1 amide bonds. The standard InChI is InChI=1S/C13H16N2O2S2/c1-19-11-5-3-2-4-9(11)13(16)15-6-7-17-10(8-15)12(14)18/h2-5,10H,6-8H2,1H3,(H2,14,18). The zero-order valence-corrected chi connectivity index (χ0v) is 12.3. The van der Waals surface area contributed by atoms with Crippen LogP contribution in [0.25, 0.3) is 0 Å². The topological polar surface area (TPSA) is 55.6 Å². The van der Waals surface area contributed by atoms with E-state index in [2.05, 4.69) is 0 Å². The number of ether oxygens (including phenoxy) is 1. The van der Waals surface area contributed by atoms with Crippen molar-refractivity contribution in [1.82, 2.24) is 4.90 Å². The average Bonchev–Trinajstić information content (AvgIpc) is 2.46. The summed E-state index contributed by atoms with van der Waals surface area (Å²) in [6, 6.07) is 7.60. The van der Waals surface area contributed by atoms with Crippen LogP contribution in [0, 0.1) is 0 Å². The summed E-state index contributed by atoms with van der Waals surface area (Å²) in [4.78, 5) is 15.6. The third-order valence-electron chi connectivity index (χ3n) is 3.01. The lowest BCUT2D eigenvalue weighted by Crippen LogP contribution is -2.50. The van der Waals surface area contributed by atoms with Gasteiger partial charge in [0.2, 0.25) is 0 Å². The molecule has 1 atom stereocenters. The van der Waals surface area contributed by atoms with Gasteiger partial charge in [-0.2, -0.15) is 0 Å². The molecule has 0 bridgehead atoms. The molecule has 1 aliphatic rings. The number of hydrogen-bond acceptors (Lipinski definition) is 4. The van der Waals surface area contributed by atoms with Gasteiger partial charge in [-0.1, -0.05) is 24.4 Å². The number of nitrogens with two attached hydrogens (primary N) is 1. The van der Waals surface area contributed by atoms with Gasteiger partial charge in [-0.3, -0.25) is 4.79 Å². The first-order valence-electron chi connectivity index (χ1n) is 5.96. The molecule has 0 saturated carbocycles. The highest BCUT2D eigenvalue weighted by Crippen LogP contribution is 2.22. The van der Waals surface area contributed by atoms with E-state index in [0.29, 0.717) is 24.7 Å². The van der Waals surface area contributed by atoms with Crippen LogP contribution in [0.5, 0.6) is 0 Å². The third kappa shape index (κ3) is 3.26. The lowest BCUT2D eigenvalue weighted by molar-refractivity contribution is 0.00862. The maximum atomic E-state index is 12.5. The molecule has 1 aromatic carbocycles. The maximum absolute atomic E-state index is 12.5. The molecule has 0 radical (unpaired) electrons. The van der Waals surface area contributed by atoms with E-state index in [4.69, 9.17) is 22.7 Å². The van der Waals surface area contributed by atoms with Crippen LogP contribution < -0.4 is 5.73 Å². The molecule has 102 valence electrons. The van der Waals surface area contributed by atoms with Gasteiger partial charge in [0.25, 0.3) is 5.91 Å². The second-order valence-corrected chi connectivity index (χ2v) is 5.53. The van der Waals surface area contributed by atoms with Gasteiger partial charge in [0.1, 0.15) is 11.1 Å². The van der Waals surface area contributed by atoms with Crippen molar-refractivity contribution in [3.63, 3.8) is 0 Å². The number of amides is 1. The zero-order valence-electron chi connectivity index (χ0n) is 10.7. The van der Waals surface area contributed by atoms with Crippen molar-refractivity contribution in [3.05, 3.63) is 29.8 Å². The largest absolute Gasteiger partial charge is 0.391 e. The Hall–Kier alpha value is -1.11. The Morgan fingerprint density at radius 2 is 2.26 bits per heavy atom. The molecule has 4 nitrogen and oxygen atoms in total. The Bertz CT molecular complexity index is 493. The Balaban J connectivity index is 2.17. The number of nitrogens with zero attached hydrogens (tertiary/aromatic N) is 1. The van der Waals surface area contributed by atoms with E-state index in [1.54, 1.807) is 16.7 Å². The molecular formula is C13H16N2O2S2. The van der Waals surface area contributed by atoms with Gasteiger partial charge in [0, 0.05) is 11.4 Å². The summed E-state index contributed by atoms with van der Waals surface area (Å²) in [6.45, 7) is 1.47. The van der Waals surface area contributed by atoms with Crippen molar-refractivity contribution in [2.45, 2.75) is 11.0 Å². The van der Waals surface area contributed by atoms with Crippen molar-refractivity contribution in [3.8, 4) is 0 Å². The predicted octanol–water partition coefficient (Wildman–Crippen LogP) is 1.54. The van der Waals surface area contributed by atoms with Crippen molar-refractivity contribution in [2.24, 2.45) is 5.73 Å². The molecule has 0 aliphatic carbocycles. The second kappa shape index (κ2) is 6.36. The molecule has 1 unspecified atom stereocenters. The van der Waals surface area contributed by atoms with E-state index in [1.165, 1.54) is 0 Å². The Morgan fingerprint density at radius 3 is 2.95 bits per heavy atom. The van der Waals surface area contributed by atoms with Gasteiger partial charge < -0.3 is 15.4 Å². The number of thiocarbonyl (C=S) groups is 1. The van der Waals surface area contributed by atoms with Gasteiger partial charge in [-0.25, -0.2) is 0 Å². The van der Waals surface area contributed by atoms with Crippen LogP contribution >= 0.6 is 24.0 Å². The summed E-state index contributed by atoms with van der Waals surface area (Å²) in [5.41, 5.74) is 6.31. The van der Waals surface area contributed by atoms with Gasteiger partial charge in [-0.05, 0) is 18.4 Å². The highest BCUT2D eigenvalue weighted by Gasteiger charge is 2.27. The Kier molecular flexibility index (Phi) is 4.79. The van der Waals surface area contributed by atoms with Gasteiger partial charge in [-0.15, -0.1) is 11.8 Å². The summed E-state index contributed by atoms with van der Waals surface area (Å²) in [5, 5.41) is 0. The van der Waals surface area contributed by atoms with Crippen molar-refractivity contribution >= 4 is 34.9 Å². The maximum Gasteiger partial charge on any atom is 0.255 e. The van der Waals surface area contributed by atoms with Crippen LogP contribution in [0.4, 0.5) is 0 Å². The number of carbonyl (C=O) groups excluding carboxylic acids is 1. The van der Waals surface area contributed by atoms with Crippen LogP contribution in [0.15, 0.2) is 29.2 Å². The number of benzene rings is 1. The average molecular weight is 296 g/mol. The van der Waals surface area contributed by atoms with E-state index >= 15 is 0 Å². The van der Waals surface area contributed by atoms with E-state index in [-0.39, 0.29) is 12.0 Å². The van der Waals surface area contributed by atoms with E-state index in [9.17, 15) is 4.79 Å². The molecule has 2 N–H and O–H groups in total. The van der Waals surface area contributed by atoms with Gasteiger partial charge in [0.05, 0.1) is 18.7 Å². The molecule has 0 spiro atoms. The first kappa shape index (κ1) is 14.3. The molecule has 6 heteroatoms. The van der Waals surface area contributed by atoms with Crippen LogP contribution in [0.2, 0.25) is 0 Å². The summed E-state index contributed by atoms with van der Waals surface area (Å²) < 4.78 is 5.45. The SMILES string of the molecule is CSc1ccccc1C(=O)N1CCOC(C(N)=S)C1. The van der Waals surface area contributed by atoms with E-state index < -0.39 is 0 Å². The number of rotatable bonds is 3. The quantitative estimate of drug-likeness (QED) is 0.677. The number of morpholine rings is 1. The van der Waals surface area contributed by atoms with Crippen molar-refractivity contribution in [1.29, 1.82) is 0 Å². The smallest absolute Gasteiger partial charge is 0.255 e. The lowest BCUT2D eigenvalue weighted by Gasteiger charge is -2.32. The van der Waals surface area contributed by atoms with Gasteiger partial charge >= 0.3 is 0 Å². The van der Waals surface area contributed by atoms with Crippen LogP contribution in [-0.4, -0.2) is 47.9 Å². The van der Waals surface area contributed by atoms with Crippen LogP contribution in [0.1, 0.15) is 10.4 Å². The molecule has 1 aromatic rings. The number of carbonyl (C=O) groups is 1. The molecule has 1 aliphatic heterocycles. The van der Waals surface area contributed by atoms with Crippen molar-refractivity contribution < 1.29 is 9.53 Å². The normalized spacial score (nSPS) is 19.2. The fourth-order valence-electron chi connectivity index (χ4n) is 2.00. The van der Waals surface area contributed by atoms with Crippen LogP contribution in [0.3, 0.4) is 0 Å². The zero-order chi connectivity index (χ0) is 13.8. The molecule has 2 rings (SSSR count). The van der Waals surface area contributed by atoms with Crippen molar-refractivity contribution in [2.75, 3.05) is 26.0 Å². The van der Waals surface area contributed by atoms with Gasteiger partial charge in [0.15, 0.2) is 0 Å². The summed E-state index contributed by atoms with van der Waals surface area (Å²) in [6.07, 6.45) is 1.62. The monoisotopic (exact) mass is 296 g/mol. The molecule has 19 heavy (non-hydrogen) atoms. The van der Waals surface area contributed by atoms with E-state index in [1.807, 2.05) is 30.5 Å². The highest BCUT2D eigenvalue weighted by atomic mass is 32.2. The molecular weight excluding hydrogens is 280 g/mol. The number of hydrogen-bond donors (Lipinski definition) is 1.